The topological polar surface area (TPSA) is 55.1 Å². The SMILES string of the molecule is CSCCNC(=O)CCC(N)c1ccccc1. The third-order valence-electron chi connectivity index (χ3n) is 2.54. The number of rotatable bonds is 7. The first-order valence-electron chi connectivity index (χ1n) is 5.80. The molecule has 0 heterocycles. The van der Waals surface area contributed by atoms with E-state index in [0.29, 0.717) is 12.8 Å². The normalized spacial score (nSPS) is 12.1. The van der Waals surface area contributed by atoms with Gasteiger partial charge in [-0.3, -0.25) is 4.79 Å². The van der Waals surface area contributed by atoms with Crippen molar-refractivity contribution in [3.63, 3.8) is 0 Å². The number of hydrogen-bond donors (Lipinski definition) is 2. The summed E-state index contributed by atoms with van der Waals surface area (Å²) in [7, 11) is 0. The Balaban J connectivity index is 2.24. The van der Waals surface area contributed by atoms with E-state index in [2.05, 4.69) is 5.32 Å². The van der Waals surface area contributed by atoms with Crippen LogP contribution in [0.2, 0.25) is 0 Å². The number of benzene rings is 1. The van der Waals surface area contributed by atoms with E-state index in [1.54, 1.807) is 11.8 Å². The zero-order chi connectivity index (χ0) is 12.5. The van der Waals surface area contributed by atoms with Gasteiger partial charge in [0, 0.05) is 24.8 Å². The fourth-order valence-electron chi connectivity index (χ4n) is 1.53. The average Bonchev–Trinajstić information content (AvgIpc) is 2.37. The van der Waals surface area contributed by atoms with Crippen molar-refractivity contribution in [1.29, 1.82) is 0 Å². The predicted octanol–water partition coefficient (Wildman–Crippen LogP) is 1.95. The van der Waals surface area contributed by atoms with Gasteiger partial charge in [-0.15, -0.1) is 0 Å². The first kappa shape index (κ1) is 14.1. The number of thioether (sulfide) groups is 1. The number of carbonyl (C=O) groups is 1. The highest BCUT2D eigenvalue weighted by atomic mass is 32.2. The minimum Gasteiger partial charge on any atom is -0.355 e. The van der Waals surface area contributed by atoms with Gasteiger partial charge in [0.2, 0.25) is 5.91 Å². The van der Waals surface area contributed by atoms with Gasteiger partial charge < -0.3 is 11.1 Å². The van der Waals surface area contributed by atoms with Crippen LogP contribution < -0.4 is 11.1 Å². The third-order valence-corrected chi connectivity index (χ3v) is 3.15. The second kappa shape index (κ2) is 8.14. The van der Waals surface area contributed by atoms with Gasteiger partial charge >= 0.3 is 0 Å². The lowest BCUT2D eigenvalue weighted by atomic mass is 10.0. The van der Waals surface area contributed by atoms with Crippen LogP contribution in [0, 0.1) is 0 Å². The minimum atomic E-state index is -0.0532. The highest BCUT2D eigenvalue weighted by molar-refractivity contribution is 7.98. The standard InChI is InChI=1S/C13H20N2OS/c1-17-10-9-15-13(16)8-7-12(14)11-5-3-2-4-6-11/h2-6,12H,7-10,14H2,1H3,(H,15,16). The zero-order valence-electron chi connectivity index (χ0n) is 10.2. The number of nitrogens with two attached hydrogens (primary N) is 1. The van der Waals surface area contributed by atoms with E-state index in [0.717, 1.165) is 17.9 Å². The van der Waals surface area contributed by atoms with Crippen LogP contribution in [0.4, 0.5) is 0 Å². The van der Waals surface area contributed by atoms with Gasteiger partial charge in [0.05, 0.1) is 0 Å². The molecule has 3 N–H and O–H groups in total. The summed E-state index contributed by atoms with van der Waals surface area (Å²) in [6.07, 6.45) is 3.21. The van der Waals surface area contributed by atoms with E-state index in [1.165, 1.54) is 0 Å². The molecule has 17 heavy (non-hydrogen) atoms. The molecule has 0 fully saturated rings. The molecular formula is C13H20N2OS. The predicted molar refractivity (Wildman–Crippen MR) is 74.0 cm³/mol. The summed E-state index contributed by atoms with van der Waals surface area (Å²) in [5, 5.41) is 2.88. The van der Waals surface area contributed by atoms with E-state index in [-0.39, 0.29) is 11.9 Å². The summed E-state index contributed by atoms with van der Waals surface area (Å²) in [6, 6.07) is 9.84. The van der Waals surface area contributed by atoms with Crippen molar-refractivity contribution in [2.24, 2.45) is 5.73 Å². The smallest absolute Gasteiger partial charge is 0.220 e. The molecule has 1 rings (SSSR count). The van der Waals surface area contributed by atoms with E-state index >= 15 is 0 Å². The van der Waals surface area contributed by atoms with Crippen molar-refractivity contribution >= 4 is 17.7 Å². The van der Waals surface area contributed by atoms with Crippen molar-refractivity contribution in [1.82, 2.24) is 5.32 Å². The van der Waals surface area contributed by atoms with Crippen molar-refractivity contribution in [2.75, 3.05) is 18.6 Å². The summed E-state index contributed by atoms with van der Waals surface area (Å²) in [5.41, 5.74) is 7.10. The van der Waals surface area contributed by atoms with Gasteiger partial charge in [-0.1, -0.05) is 30.3 Å². The zero-order valence-corrected chi connectivity index (χ0v) is 11.0. The Morgan fingerprint density at radius 1 is 1.41 bits per heavy atom. The first-order chi connectivity index (χ1) is 8.24. The van der Waals surface area contributed by atoms with Gasteiger partial charge in [0.1, 0.15) is 0 Å². The molecule has 1 aromatic carbocycles. The maximum absolute atomic E-state index is 11.5. The summed E-state index contributed by atoms with van der Waals surface area (Å²) in [4.78, 5) is 11.5. The van der Waals surface area contributed by atoms with Gasteiger partial charge in [-0.25, -0.2) is 0 Å². The second-order valence-corrected chi connectivity index (χ2v) is 4.88. The van der Waals surface area contributed by atoms with Crippen LogP contribution >= 0.6 is 11.8 Å². The molecule has 1 amide bonds. The molecule has 0 radical (unpaired) electrons. The lowest BCUT2D eigenvalue weighted by Crippen LogP contribution is -2.26. The number of nitrogens with one attached hydrogen (secondary N) is 1. The van der Waals surface area contributed by atoms with Gasteiger partial charge in [-0.2, -0.15) is 11.8 Å². The lowest BCUT2D eigenvalue weighted by molar-refractivity contribution is -0.121. The Labute approximate surface area is 107 Å². The first-order valence-corrected chi connectivity index (χ1v) is 7.19. The molecule has 1 unspecified atom stereocenters. The minimum absolute atomic E-state index is 0.0532. The van der Waals surface area contributed by atoms with Crippen LogP contribution in [0.1, 0.15) is 24.4 Å². The molecule has 94 valence electrons. The molecule has 1 atom stereocenters. The summed E-state index contributed by atoms with van der Waals surface area (Å²) >= 11 is 1.73. The van der Waals surface area contributed by atoms with Crippen LogP contribution in [0.25, 0.3) is 0 Å². The lowest BCUT2D eigenvalue weighted by Gasteiger charge is -2.11. The molecule has 3 nitrogen and oxygen atoms in total. The van der Waals surface area contributed by atoms with Gasteiger partial charge in [0.15, 0.2) is 0 Å². The molecule has 0 spiro atoms. The third kappa shape index (κ3) is 5.75. The van der Waals surface area contributed by atoms with E-state index in [4.69, 9.17) is 5.73 Å². The molecule has 0 aromatic heterocycles. The van der Waals surface area contributed by atoms with Crippen molar-refractivity contribution in [2.45, 2.75) is 18.9 Å². The highest BCUT2D eigenvalue weighted by Gasteiger charge is 2.08. The van der Waals surface area contributed by atoms with Crippen LogP contribution in [0.15, 0.2) is 30.3 Å². The van der Waals surface area contributed by atoms with Gasteiger partial charge in [-0.05, 0) is 18.2 Å². The Kier molecular flexibility index (Phi) is 6.74. The Hall–Kier alpha value is -1.00. The quantitative estimate of drug-likeness (QED) is 0.729. The fourth-order valence-corrected chi connectivity index (χ4v) is 1.84. The van der Waals surface area contributed by atoms with Crippen LogP contribution in [0.5, 0.6) is 0 Å². The van der Waals surface area contributed by atoms with Crippen molar-refractivity contribution in [3.05, 3.63) is 35.9 Å². The largest absolute Gasteiger partial charge is 0.355 e. The molecule has 0 saturated heterocycles. The molecular weight excluding hydrogens is 232 g/mol. The van der Waals surface area contributed by atoms with E-state index < -0.39 is 0 Å². The molecule has 0 saturated carbocycles. The number of amides is 1. The maximum atomic E-state index is 11.5. The Morgan fingerprint density at radius 3 is 2.76 bits per heavy atom. The van der Waals surface area contributed by atoms with E-state index in [9.17, 15) is 4.79 Å². The number of hydrogen-bond acceptors (Lipinski definition) is 3. The second-order valence-electron chi connectivity index (χ2n) is 3.90. The van der Waals surface area contributed by atoms with Crippen molar-refractivity contribution < 1.29 is 4.79 Å². The molecule has 0 aliphatic heterocycles. The molecule has 0 aliphatic carbocycles. The summed E-state index contributed by atoms with van der Waals surface area (Å²) < 4.78 is 0. The van der Waals surface area contributed by atoms with Gasteiger partial charge in [0.25, 0.3) is 0 Å². The molecule has 0 bridgehead atoms. The van der Waals surface area contributed by atoms with Crippen LogP contribution in [-0.4, -0.2) is 24.5 Å². The number of carbonyl (C=O) groups excluding carboxylic acids is 1. The fraction of sp³-hybridized carbons (Fsp3) is 0.462. The molecule has 1 aromatic rings. The monoisotopic (exact) mass is 252 g/mol. The van der Waals surface area contributed by atoms with E-state index in [1.807, 2.05) is 36.6 Å². The highest BCUT2D eigenvalue weighted by Crippen LogP contribution is 2.14. The maximum Gasteiger partial charge on any atom is 0.220 e. The van der Waals surface area contributed by atoms with Crippen LogP contribution in [0.3, 0.4) is 0 Å². The summed E-state index contributed by atoms with van der Waals surface area (Å²) in [6.45, 7) is 0.737. The molecule has 0 aliphatic rings. The Morgan fingerprint density at radius 2 is 2.12 bits per heavy atom. The summed E-state index contributed by atoms with van der Waals surface area (Å²) in [5.74, 6) is 1.04. The average molecular weight is 252 g/mol. The Bertz CT molecular complexity index is 329. The van der Waals surface area contributed by atoms with Crippen LogP contribution in [-0.2, 0) is 4.79 Å². The van der Waals surface area contributed by atoms with Crippen molar-refractivity contribution in [3.8, 4) is 0 Å². The molecule has 4 heteroatoms.